The van der Waals surface area contributed by atoms with E-state index in [1.807, 2.05) is 0 Å². The molecule has 0 saturated carbocycles. The number of carbonyl (C=O) groups excluding carboxylic acids is 1. The van der Waals surface area contributed by atoms with Crippen molar-refractivity contribution >= 4 is 11.6 Å². The van der Waals surface area contributed by atoms with Gasteiger partial charge in [0.25, 0.3) is 5.91 Å². The van der Waals surface area contributed by atoms with Crippen molar-refractivity contribution in [2.45, 2.75) is 0 Å². The van der Waals surface area contributed by atoms with E-state index in [0.29, 0.717) is 22.9 Å². The number of ether oxygens (including phenoxy) is 2. The molecule has 0 saturated heterocycles. The van der Waals surface area contributed by atoms with Crippen LogP contribution < -0.4 is 14.8 Å². The SMILES string of the molecule is COc1ccc(OC)c(NC(=O)c2ccccn2)c1. The number of hydrogen-bond donors (Lipinski definition) is 1. The quantitative estimate of drug-likeness (QED) is 0.914. The fourth-order valence-corrected chi connectivity index (χ4v) is 1.60. The highest BCUT2D eigenvalue weighted by molar-refractivity contribution is 6.03. The number of rotatable bonds is 4. The Morgan fingerprint density at radius 1 is 1.16 bits per heavy atom. The summed E-state index contributed by atoms with van der Waals surface area (Å²) in [4.78, 5) is 16.0. The summed E-state index contributed by atoms with van der Waals surface area (Å²) in [5, 5.41) is 2.75. The molecule has 1 amide bonds. The van der Waals surface area contributed by atoms with Crippen LogP contribution in [0.1, 0.15) is 10.5 Å². The van der Waals surface area contributed by atoms with Crippen molar-refractivity contribution in [3.8, 4) is 11.5 Å². The predicted octanol–water partition coefficient (Wildman–Crippen LogP) is 2.35. The Hall–Kier alpha value is -2.56. The number of benzene rings is 1. The third-order valence-corrected chi connectivity index (χ3v) is 2.55. The largest absolute Gasteiger partial charge is 0.497 e. The molecule has 5 heteroatoms. The van der Waals surface area contributed by atoms with Crippen molar-refractivity contribution < 1.29 is 14.3 Å². The number of pyridine rings is 1. The van der Waals surface area contributed by atoms with Gasteiger partial charge in [-0.25, -0.2) is 0 Å². The summed E-state index contributed by atoms with van der Waals surface area (Å²) in [6, 6.07) is 10.3. The maximum absolute atomic E-state index is 12.0. The van der Waals surface area contributed by atoms with Gasteiger partial charge in [0, 0.05) is 12.3 Å². The van der Waals surface area contributed by atoms with E-state index in [-0.39, 0.29) is 5.91 Å². The van der Waals surface area contributed by atoms with Crippen LogP contribution in [0.2, 0.25) is 0 Å². The van der Waals surface area contributed by atoms with Crippen LogP contribution in [0.25, 0.3) is 0 Å². The van der Waals surface area contributed by atoms with Crippen molar-refractivity contribution in [2.24, 2.45) is 0 Å². The smallest absolute Gasteiger partial charge is 0.274 e. The van der Waals surface area contributed by atoms with Gasteiger partial charge in [-0.3, -0.25) is 9.78 Å². The molecule has 0 bridgehead atoms. The van der Waals surface area contributed by atoms with Gasteiger partial charge in [-0.05, 0) is 24.3 Å². The van der Waals surface area contributed by atoms with Gasteiger partial charge in [-0.2, -0.15) is 0 Å². The molecule has 1 N–H and O–H groups in total. The minimum atomic E-state index is -0.299. The Labute approximate surface area is 111 Å². The zero-order chi connectivity index (χ0) is 13.7. The molecular weight excluding hydrogens is 244 g/mol. The van der Waals surface area contributed by atoms with Crippen LogP contribution in [0.5, 0.6) is 11.5 Å². The molecular formula is C14H14N2O3. The number of nitrogens with one attached hydrogen (secondary N) is 1. The minimum absolute atomic E-state index is 0.299. The van der Waals surface area contributed by atoms with Crippen LogP contribution >= 0.6 is 0 Å². The normalized spacial score (nSPS) is 9.79. The van der Waals surface area contributed by atoms with E-state index < -0.39 is 0 Å². The van der Waals surface area contributed by atoms with Gasteiger partial charge < -0.3 is 14.8 Å². The number of amides is 1. The highest BCUT2D eigenvalue weighted by atomic mass is 16.5. The first-order valence-corrected chi connectivity index (χ1v) is 5.69. The molecule has 0 radical (unpaired) electrons. The fourth-order valence-electron chi connectivity index (χ4n) is 1.60. The molecule has 1 aromatic heterocycles. The number of nitrogens with zero attached hydrogens (tertiary/aromatic N) is 1. The Morgan fingerprint density at radius 3 is 2.63 bits per heavy atom. The predicted molar refractivity (Wildman–Crippen MR) is 71.7 cm³/mol. The van der Waals surface area contributed by atoms with Gasteiger partial charge in [0.1, 0.15) is 17.2 Å². The molecule has 0 spiro atoms. The summed E-state index contributed by atoms with van der Waals surface area (Å²) in [5.74, 6) is 0.898. The summed E-state index contributed by atoms with van der Waals surface area (Å²) >= 11 is 0. The summed E-state index contributed by atoms with van der Waals surface area (Å²) < 4.78 is 10.3. The first-order valence-electron chi connectivity index (χ1n) is 5.69. The average molecular weight is 258 g/mol. The molecule has 0 aliphatic heterocycles. The molecule has 2 aromatic rings. The molecule has 98 valence electrons. The van der Waals surface area contributed by atoms with Crippen LogP contribution in [-0.4, -0.2) is 25.1 Å². The topological polar surface area (TPSA) is 60.5 Å². The third kappa shape index (κ3) is 3.01. The number of carbonyl (C=O) groups is 1. The Morgan fingerprint density at radius 2 is 2.00 bits per heavy atom. The number of methoxy groups -OCH3 is 2. The van der Waals surface area contributed by atoms with Crippen LogP contribution in [0.15, 0.2) is 42.6 Å². The summed E-state index contributed by atoms with van der Waals surface area (Å²) in [5.41, 5.74) is 0.880. The van der Waals surface area contributed by atoms with Crippen molar-refractivity contribution in [1.29, 1.82) is 0 Å². The zero-order valence-electron chi connectivity index (χ0n) is 10.7. The Balaban J connectivity index is 2.25. The van der Waals surface area contributed by atoms with Crippen molar-refractivity contribution in [3.05, 3.63) is 48.3 Å². The number of anilines is 1. The van der Waals surface area contributed by atoms with Crippen molar-refractivity contribution in [2.75, 3.05) is 19.5 Å². The Bertz CT molecular complexity index is 570. The summed E-state index contributed by atoms with van der Waals surface area (Å²) in [6.07, 6.45) is 1.57. The van der Waals surface area contributed by atoms with E-state index >= 15 is 0 Å². The molecule has 2 rings (SSSR count). The van der Waals surface area contributed by atoms with Crippen LogP contribution in [0.3, 0.4) is 0 Å². The molecule has 5 nitrogen and oxygen atoms in total. The van der Waals surface area contributed by atoms with Gasteiger partial charge >= 0.3 is 0 Å². The second-order valence-corrected chi connectivity index (χ2v) is 3.74. The van der Waals surface area contributed by atoms with E-state index in [0.717, 1.165) is 0 Å². The number of hydrogen-bond acceptors (Lipinski definition) is 4. The van der Waals surface area contributed by atoms with Gasteiger partial charge in [-0.1, -0.05) is 6.07 Å². The monoisotopic (exact) mass is 258 g/mol. The maximum Gasteiger partial charge on any atom is 0.274 e. The summed E-state index contributed by atoms with van der Waals surface area (Å²) in [6.45, 7) is 0. The van der Waals surface area contributed by atoms with Gasteiger partial charge in [0.2, 0.25) is 0 Å². The lowest BCUT2D eigenvalue weighted by molar-refractivity contribution is 0.102. The number of aromatic nitrogens is 1. The van der Waals surface area contributed by atoms with E-state index in [4.69, 9.17) is 9.47 Å². The molecule has 0 unspecified atom stereocenters. The minimum Gasteiger partial charge on any atom is -0.497 e. The van der Waals surface area contributed by atoms with Gasteiger partial charge in [-0.15, -0.1) is 0 Å². The first kappa shape index (κ1) is 12.9. The molecule has 1 aromatic carbocycles. The molecule has 0 atom stereocenters. The molecule has 0 fully saturated rings. The van der Waals surface area contributed by atoms with Crippen LogP contribution in [0.4, 0.5) is 5.69 Å². The lowest BCUT2D eigenvalue weighted by Crippen LogP contribution is -2.14. The molecule has 0 aliphatic carbocycles. The summed E-state index contributed by atoms with van der Waals surface area (Å²) in [7, 11) is 3.10. The maximum atomic E-state index is 12.0. The van der Waals surface area contributed by atoms with Gasteiger partial charge in [0.15, 0.2) is 0 Å². The lowest BCUT2D eigenvalue weighted by atomic mass is 10.2. The Kier molecular flexibility index (Phi) is 3.97. The lowest BCUT2D eigenvalue weighted by Gasteiger charge is -2.11. The highest BCUT2D eigenvalue weighted by Gasteiger charge is 2.11. The first-order chi connectivity index (χ1) is 9.24. The third-order valence-electron chi connectivity index (χ3n) is 2.55. The van der Waals surface area contributed by atoms with Crippen molar-refractivity contribution in [1.82, 2.24) is 4.98 Å². The highest BCUT2D eigenvalue weighted by Crippen LogP contribution is 2.29. The zero-order valence-corrected chi connectivity index (χ0v) is 10.7. The molecule has 0 aliphatic rings. The standard InChI is InChI=1S/C14H14N2O3/c1-18-10-6-7-13(19-2)12(9-10)16-14(17)11-5-3-4-8-15-11/h3-9H,1-2H3,(H,16,17). The van der Waals surface area contributed by atoms with E-state index in [1.165, 1.54) is 7.11 Å². The average Bonchev–Trinajstić information content (AvgIpc) is 2.48. The fraction of sp³-hybridized carbons (Fsp3) is 0.143. The van der Waals surface area contributed by atoms with Crippen LogP contribution in [0, 0.1) is 0 Å². The second kappa shape index (κ2) is 5.86. The molecule has 1 heterocycles. The van der Waals surface area contributed by atoms with Gasteiger partial charge in [0.05, 0.1) is 19.9 Å². The second-order valence-electron chi connectivity index (χ2n) is 3.74. The van der Waals surface area contributed by atoms with Crippen molar-refractivity contribution in [3.63, 3.8) is 0 Å². The van der Waals surface area contributed by atoms with Crippen LogP contribution in [-0.2, 0) is 0 Å². The van der Waals surface area contributed by atoms with E-state index in [9.17, 15) is 4.79 Å². The van der Waals surface area contributed by atoms with E-state index in [1.54, 1.807) is 49.7 Å². The molecule has 19 heavy (non-hydrogen) atoms. The van der Waals surface area contributed by atoms with E-state index in [2.05, 4.69) is 10.3 Å².